The van der Waals surface area contributed by atoms with Gasteiger partial charge in [0.1, 0.15) is 35.7 Å². The van der Waals surface area contributed by atoms with Crippen molar-refractivity contribution in [1.82, 2.24) is 4.90 Å². The Morgan fingerprint density at radius 3 is 2.48 bits per heavy atom. The normalized spacial score (nSPS) is 25.2. The Hall–Kier alpha value is -4.98. The van der Waals surface area contributed by atoms with E-state index in [0.717, 1.165) is 60.4 Å². The standard InChI is InChI=1S/C52H60ClFN2O9/c1-2-27-62-52-47(56(51(59)61-29-24-53)34-35-16-19-39(54)20-17-35)33-45(55-65-48-15-7-10-28-60-48)43-31-38(13-5-8-25-57)42(14-6-9-26-58)49(50(43)52)44-32-41(22-23-46(44)64-52)63-40-21-18-36-11-3-4-12-37(36)30-40/h2-4,11-12,16-23,30-32,38,42,47-50,57-58H,1,5-10,13-15,24-29,33-34H2. The minimum atomic E-state index is -1.54. The topological polar surface area (TPSA) is 129 Å². The molecule has 1 saturated heterocycles. The lowest BCUT2D eigenvalue weighted by atomic mass is 9.55. The molecule has 0 aromatic heterocycles. The summed E-state index contributed by atoms with van der Waals surface area (Å²) in [6.07, 6.45) is 9.92. The minimum Gasteiger partial charge on any atom is -0.459 e. The van der Waals surface area contributed by atoms with E-state index in [-0.39, 0.29) is 63.0 Å². The molecule has 1 amide bonds. The third kappa shape index (κ3) is 10.5. The molecule has 13 heteroatoms. The van der Waals surface area contributed by atoms with Crippen LogP contribution in [0, 0.1) is 23.6 Å². The van der Waals surface area contributed by atoms with Crippen molar-refractivity contribution < 1.29 is 47.9 Å². The molecule has 65 heavy (non-hydrogen) atoms. The fraction of sp³-hybridized carbons (Fsp3) is 0.462. The number of oxime groups is 1. The molecule has 346 valence electrons. The van der Waals surface area contributed by atoms with E-state index in [1.54, 1.807) is 23.1 Å². The summed E-state index contributed by atoms with van der Waals surface area (Å²) in [6, 6.07) is 25.2. The number of ether oxygens (including phenoxy) is 5. The number of carbonyl (C=O) groups excluding carboxylic acids is 1. The summed E-state index contributed by atoms with van der Waals surface area (Å²) in [5.41, 5.74) is 3.10. The Morgan fingerprint density at radius 1 is 0.954 bits per heavy atom. The van der Waals surface area contributed by atoms with Crippen molar-refractivity contribution in [3.8, 4) is 17.2 Å². The minimum absolute atomic E-state index is 0.00406. The number of nitrogens with zero attached hydrogens (tertiary/aromatic N) is 2. The van der Waals surface area contributed by atoms with Gasteiger partial charge in [0.2, 0.25) is 12.1 Å². The van der Waals surface area contributed by atoms with Crippen molar-refractivity contribution in [2.45, 2.75) is 94.8 Å². The van der Waals surface area contributed by atoms with Crippen LogP contribution >= 0.6 is 11.6 Å². The molecule has 7 atom stereocenters. The average Bonchev–Trinajstić information content (AvgIpc) is 3.33. The van der Waals surface area contributed by atoms with E-state index in [1.165, 1.54) is 12.1 Å². The van der Waals surface area contributed by atoms with Crippen molar-refractivity contribution in [1.29, 1.82) is 0 Å². The first-order valence-electron chi connectivity index (χ1n) is 23.1. The molecule has 2 aliphatic carbocycles. The van der Waals surface area contributed by atoms with Gasteiger partial charge in [-0.2, -0.15) is 0 Å². The smallest absolute Gasteiger partial charge is 0.410 e. The third-order valence-corrected chi connectivity index (χ3v) is 13.4. The van der Waals surface area contributed by atoms with Crippen molar-refractivity contribution >= 4 is 34.2 Å². The molecule has 2 fully saturated rings. The lowest BCUT2D eigenvalue weighted by Crippen LogP contribution is -2.70. The van der Waals surface area contributed by atoms with E-state index in [1.807, 2.05) is 42.5 Å². The maximum Gasteiger partial charge on any atom is 0.410 e. The molecule has 4 aliphatic rings. The van der Waals surface area contributed by atoms with Gasteiger partial charge in [-0.05, 0) is 115 Å². The summed E-state index contributed by atoms with van der Waals surface area (Å²) in [4.78, 5) is 22.4. The van der Waals surface area contributed by atoms with Crippen LogP contribution in [0.5, 0.6) is 17.2 Å². The van der Waals surface area contributed by atoms with Crippen molar-refractivity contribution in [2.75, 3.05) is 38.9 Å². The first-order valence-corrected chi connectivity index (χ1v) is 23.7. The number of amides is 1. The zero-order chi connectivity index (χ0) is 45.2. The maximum atomic E-state index is 14.6. The fourth-order valence-corrected chi connectivity index (χ4v) is 10.4. The number of allylic oxidation sites excluding steroid dienone is 1. The van der Waals surface area contributed by atoms with Gasteiger partial charge >= 0.3 is 6.09 Å². The van der Waals surface area contributed by atoms with Crippen LogP contribution < -0.4 is 9.47 Å². The second kappa shape index (κ2) is 22.0. The molecule has 4 aromatic carbocycles. The monoisotopic (exact) mass is 910 g/mol. The molecular formula is C52H60ClFN2O9. The molecule has 2 N–H and O–H groups in total. The molecule has 4 aromatic rings. The number of aliphatic hydroxyl groups is 2. The maximum absolute atomic E-state index is 14.6. The number of benzene rings is 4. The number of alkyl halides is 1. The zero-order valence-corrected chi connectivity index (χ0v) is 37.6. The molecule has 8 rings (SSSR count). The molecule has 0 radical (unpaired) electrons. The second-order valence-corrected chi connectivity index (χ2v) is 17.7. The van der Waals surface area contributed by atoms with Crippen LogP contribution in [-0.2, 0) is 25.6 Å². The number of hydrogen-bond donors (Lipinski definition) is 2. The van der Waals surface area contributed by atoms with Crippen molar-refractivity contribution in [2.24, 2.45) is 22.9 Å². The molecule has 0 spiro atoms. The average molecular weight is 912 g/mol. The lowest BCUT2D eigenvalue weighted by Gasteiger charge is -2.59. The lowest BCUT2D eigenvalue weighted by molar-refractivity contribution is -0.256. The molecule has 7 unspecified atom stereocenters. The summed E-state index contributed by atoms with van der Waals surface area (Å²) in [6.45, 7) is 4.82. The fourth-order valence-electron chi connectivity index (χ4n) is 10.3. The first kappa shape index (κ1) is 46.5. The molecule has 2 aliphatic heterocycles. The summed E-state index contributed by atoms with van der Waals surface area (Å²) in [5.74, 6) is -0.781. The summed E-state index contributed by atoms with van der Waals surface area (Å²) < 4.78 is 47.3. The Kier molecular flexibility index (Phi) is 15.8. The van der Waals surface area contributed by atoms with E-state index in [0.29, 0.717) is 54.4 Å². The van der Waals surface area contributed by atoms with Crippen molar-refractivity contribution in [3.05, 3.63) is 126 Å². The predicted molar refractivity (Wildman–Crippen MR) is 248 cm³/mol. The highest BCUT2D eigenvalue weighted by atomic mass is 35.5. The van der Waals surface area contributed by atoms with Crippen LogP contribution in [0.2, 0.25) is 0 Å². The van der Waals surface area contributed by atoms with Gasteiger partial charge in [0, 0.05) is 44.1 Å². The molecule has 2 heterocycles. The highest BCUT2D eigenvalue weighted by Crippen LogP contribution is 2.62. The number of aliphatic hydroxyl groups excluding tert-OH is 2. The van der Waals surface area contributed by atoms with E-state index >= 15 is 0 Å². The van der Waals surface area contributed by atoms with Crippen LogP contribution in [0.25, 0.3) is 10.8 Å². The van der Waals surface area contributed by atoms with E-state index < -0.39 is 35.9 Å². The molecular weight excluding hydrogens is 851 g/mol. The van der Waals surface area contributed by atoms with Crippen LogP contribution in [0.4, 0.5) is 9.18 Å². The summed E-state index contributed by atoms with van der Waals surface area (Å²) in [7, 11) is 0. The van der Waals surface area contributed by atoms with Gasteiger partial charge in [0.05, 0.1) is 30.7 Å². The Morgan fingerprint density at radius 2 is 1.72 bits per heavy atom. The van der Waals surface area contributed by atoms with Crippen LogP contribution in [0.1, 0.15) is 81.3 Å². The quantitative estimate of drug-likeness (QED) is 0.0385. The first-order chi connectivity index (χ1) is 31.8. The van der Waals surface area contributed by atoms with Gasteiger partial charge in [-0.15, -0.1) is 18.2 Å². The van der Waals surface area contributed by atoms with Crippen molar-refractivity contribution in [3.63, 3.8) is 0 Å². The highest BCUT2D eigenvalue weighted by molar-refractivity contribution is 6.18. The molecule has 11 nitrogen and oxygen atoms in total. The van der Waals surface area contributed by atoms with Crippen LogP contribution in [0.3, 0.4) is 0 Å². The number of halogens is 2. The highest BCUT2D eigenvalue weighted by Gasteiger charge is 2.65. The third-order valence-electron chi connectivity index (χ3n) is 13.2. The van der Waals surface area contributed by atoms with Gasteiger partial charge in [-0.25, -0.2) is 9.18 Å². The Labute approximate surface area is 385 Å². The van der Waals surface area contributed by atoms with Gasteiger partial charge < -0.3 is 38.7 Å². The number of unbranched alkanes of at least 4 members (excludes halogenated alkanes) is 2. The second-order valence-electron chi connectivity index (χ2n) is 17.3. The summed E-state index contributed by atoms with van der Waals surface area (Å²) in [5, 5.41) is 27.1. The summed E-state index contributed by atoms with van der Waals surface area (Å²) >= 11 is 6.10. The van der Waals surface area contributed by atoms with Gasteiger partial charge in [-0.3, -0.25) is 4.90 Å². The van der Waals surface area contributed by atoms with Gasteiger partial charge in [0.25, 0.3) is 0 Å². The number of fused-ring (bicyclic) bond motifs is 3. The Balaban J connectivity index is 1.33. The SMILES string of the molecule is C=CCOC12Oc3ccc(Oc4ccc5ccccc5c4)cc3C3C(CCCCO)C(CCCCO)C=C(C(=NOC4CCCCO4)CC1N(Cc1ccc(F)cc1)C(=O)OCCCl)C32. The van der Waals surface area contributed by atoms with Gasteiger partial charge in [-0.1, -0.05) is 72.6 Å². The zero-order valence-electron chi connectivity index (χ0n) is 36.8. The largest absolute Gasteiger partial charge is 0.459 e. The van der Waals surface area contributed by atoms with E-state index in [4.69, 9.17) is 45.3 Å². The van der Waals surface area contributed by atoms with Crippen LogP contribution in [-0.4, -0.2) is 84.0 Å². The van der Waals surface area contributed by atoms with E-state index in [2.05, 4.69) is 30.9 Å². The number of carbonyl (C=O) groups is 1. The van der Waals surface area contributed by atoms with Crippen LogP contribution in [0.15, 0.2) is 114 Å². The van der Waals surface area contributed by atoms with E-state index in [9.17, 15) is 19.4 Å². The molecule has 0 bridgehead atoms. The predicted octanol–water partition coefficient (Wildman–Crippen LogP) is 10.8. The van der Waals surface area contributed by atoms with Gasteiger partial charge in [0.15, 0.2) is 0 Å². The Bertz CT molecular complexity index is 2300. The number of rotatable bonds is 20. The number of hydrogen-bond acceptors (Lipinski definition) is 10. The molecule has 1 saturated carbocycles.